The van der Waals surface area contributed by atoms with Crippen molar-refractivity contribution in [1.82, 2.24) is 16.0 Å². The number of phenolic OH excluding ortho intramolecular Hbond substituents is 1. The summed E-state index contributed by atoms with van der Waals surface area (Å²) in [5, 5.41) is 24.9. The van der Waals surface area contributed by atoms with Gasteiger partial charge >= 0.3 is 0 Å². The average Bonchev–Trinajstić information content (AvgIpc) is 2.96. The summed E-state index contributed by atoms with van der Waals surface area (Å²) in [5.41, 5.74) is 3.03. The summed E-state index contributed by atoms with van der Waals surface area (Å²) in [7, 11) is 1.97. The third-order valence-corrected chi connectivity index (χ3v) is 7.26. The summed E-state index contributed by atoms with van der Waals surface area (Å²) in [6.07, 6.45) is 1.56. The van der Waals surface area contributed by atoms with E-state index < -0.39 is 0 Å². The van der Waals surface area contributed by atoms with Crippen LogP contribution in [-0.2, 0) is 12.8 Å². The fraction of sp³-hybridized carbons (Fsp3) is 0.206. The van der Waals surface area contributed by atoms with E-state index in [9.17, 15) is 9.90 Å². The summed E-state index contributed by atoms with van der Waals surface area (Å²) in [4.78, 5) is 13.2. The maximum atomic E-state index is 13.2. The first kappa shape index (κ1) is 26.4. The second-order valence-electron chi connectivity index (χ2n) is 10.1. The van der Waals surface area contributed by atoms with Gasteiger partial charge in [-0.15, -0.1) is 0 Å². The van der Waals surface area contributed by atoms with Crippen LogP contribution in [0.4, 0.5) is 0 Å². The third-order valence-electron chi connectivity index (χ3n) is 7.26. The number of amides is 1. The Kier molecular flexibility index (Phi) is 8.51. The monoisotopic (exact) mass is 517 g/mol. The van der Waals surface area contributed by atoms with Crippen LogP contribution >= 0.6 is 0 Å². The molecule has 39 heavy (non-hydrogen) atoms. The zero-order valence-corrected chi connectivity index (χ0v) is 22.2. The van der Waals surface area contributed by atoms with E-state index in [1.165, 1.54) is 32.7 Å². The zero-order valence-electron chi connectivity index (χ0n) is 22.2. The van der Waals surface area contributed by atoms with E-state index in [2.05, 4.69) is 94.8 Å². The van der Waals surface area contributed by atoms with E-state index in [1.54, 1.807) is 24.3 Å². The summed E-state index contributed by atoms with van der Waals surface area (Å²) >= 11 is 0. The van der Waals surface area contributed by atoms with Gasteiger partial charge in [0.25, 0.3) is 5.91 Å². The topological polar surface area (TPSA) is 73.4 Å². The van der Waals surface area contributed by atoms with Crippen LogP contribution in [-0.4, -0.2) is 43.2 Å². The van der Waals surface area contributed by atoms with Gasteiger partial charge in [0, 0.05) is 30.7 Å². The predicted octanol–water partition coefficient (Wildman–Crippen LogP) is 5.46. The van der Waals surface area contributed by atoms with Crippen molar-refractivity contribution in [2.45, 2.75) is 24.9 Å². The van der Waals surface area contributed by atoms with Crippen LogP contribution in [0.5, 0.6) is 5.75 Å². The van der Waals surface area contributed by atoms with E-state index in [0.717, 1.165) is 13.0 Å². The lowest BCUT2D eigenvalue weighted by Crippen LogP contribution is -2.48. The van der Waals surface area contributed by atoms with Crippen LogP contribution in [0.15, 0.2) is 109 Å². The molecule has 198 valence electrons. The fourth-order valence-electron chi connectivity index (χ4n) is 5.30. The Hall–Kier alpha value is -4.19. The molecule has 0 saturated heterocycles. The van der Waals surface area contributed by atoms with E-state index in [-0.39, 0.29) is 23.7 Å². The molecule has 0 aliphatic carbocycles. The van der Waals surface area contributed by atoms with E-state index in [1.807, 2.05) is 13.1 Å². The maximum Gasteiger partial charge on any atom is 0.251 e. The lowest BCUT2D eigenvalue weighted by molar-refractivity contribution is 0.0935. The average molecular weight is 518 g/mol. The van der Waals surface area contributed by atoms with Crippen molar-refractivity contribution >= 4 is 27.5 Å². The molecule has 2 atom stereocenters. The van der Waals surface area contributed by atoms with Crippen molar-refractivity contribution in [2.75, 3.05) is 20.1 Å². The van der Waals surface area contributed by atoms with Crippen molar-refractivity contribution in [2.24, 2.45) is 0 Å². The Morgan fingerprint density at radius 1 is 0.667 bits per heavy atom. The molecule has 5 rings (SSSR count). The Balaban J connectivity index is 1.36. The van der Waals surface area contributed by atoms with Crippen molar-refractivity contribution < 1.29 is 9.90 Å². The van der Waals surface area contributed by atoms with Gasteiger partial charge in [-0.3, -0.25) is 4.79 Å². The minimum Gasteiger partial charge on any atom is -0.508 e. The van der Waals surface area contributed by atoms with Crippen LogP contribution in [0.25, 0.3) is 21.5 Å². The molecule has 0 aliphatic heterocycles. The first-order valence-electron chi connectivity index (χ1n) is 13.5. The molecule has 0 bridgehead atoms. The number of carbonyl (C=O) groups excluding carboxylic acids is 1. The number of nitrogens with one attached hydrogen (secondary N) is 3. The number of carbonyl (C=O) groups is 1. The molecule has 5 nitrogen and oxygen atoms in total. The molecule has 4 N–H and O–H groups in total. The molecule has 0 fully saturated rings. The predicted molar refractivity (Wildman–Crippen MR) is 160 cm³/mol. The first-order valence-corrected chi connectivity index (χ1v) is 13.5. The summed E-state index contributed by atoms with van der Waals surface area (Å²) < 4.78 is 0. The molecule has 5 aromatic carbocycles. The molecule has 0 saturated carbocycles. The molecule has 0 aliphatic rings. The highest BCUT2D eigenvalue weighted by Crippen LogP contribution is 2.21. The van der Waals surface area contributed by atoms with Gasteiger partial charge in [0.1, 0.15) is 5.75 Å². The van der Waals surface area contributed by atoms with Gasteiger partial charge in [0.2, 0.25) is 0 Å². The Labute approximate surface area is 229 Å². The largest absolute Gasteiger partial charge is 0.508 e. The van der Waals surface area contributed by atoms with Crippen LogP contribution in [0.2, 0.25) is 0 Å². The summed E-state index contributed by atoms with van der Waals surface area (Å²) in [5.74, 6) is -0.00915. The van der Waals surface area contributed by atoms with Crippen LogP contribution in [0.3, 0.4) is 0 Å². The smallest absolute Gasteiger partial charge is 0.251 e. The van der Waals surface area contributed by atoms with Gasteiger partial charge < -0.3 is 21.1 Å². The molecule has 0 radical (unpaired) electrons. The van der Waals surface area contributed by atoms with Gasteiger partial charge in [-0.2, -0.15) is 0 Å². The maximum absolute atomic E-state index is 13.2. The third kappa shape index (κ3) is 6.63. The number of rotatable bonds is 11. The first-order chi connectivity index (χ1) is 19.1. The van der Waals surface area contributed by atoms with Crippen LogP contribution < -0.4 is 16.0 Å². The Morgan fingerprint density at radius 2 is 1.21 bits per heavy atom. The number of likely N-dealkylation sites (N-methyl/N-ethyl adjacent to an activating group) is 1. The summed E-state index contributed by atoms with van der Waals surface area (Å²) in [6.45, 7) is 1.42. The summed E-state index contributed by atoms with van der Waals surface area (Å²) in [6, 6.07) is 36.1. The van der Waals surface area contributed by atoms with Crippen molar-refractivity contribution in [1.29, 1.82) is 0 Å². The van der Waals surface area contributed by atoms with Crippen molar-refractivity contribution in [3.63, 3.8) is 0 Å². The molecular weight excluding hydrogens is 482 g/mol. The molecule has 0 aromatic heterocycles. The zero-order chi connectivity index (χ0) is 27.0. The highest BCUT2D eigenvalue weighted by Gasteiger charge is 2.19. The molecule has 5 aromatic rings. The molecule has 0 spiro atoms. The molecular formula is C34H35N3O2. The highest BCUT2D eigenvalue weighted by molar-refractivity contribution is 5.94. The van der Waals surface area contributed by atoms with Gasteiger partial charge in [0.15, 0.2) is 0 Å². The number of benzene rings is 5. The van der Waals surface area contributed by atoms with E-state index in [0.29, 0.717) is 18.5 Å². The highest BCUT2D eigenvalue weighted by atomic mass is 16.3. The standard InChI is InChI=1S/C34H35N3O2/c1-35-22-29(20-27-12-6-10-24-8-2-4-14-32(24)27)36-23-30(37-34(39)26-16-18-31(38)19-17-26)21-28-13-7-11-25-9-3-5-15-33(25)28/h2-19,29-30,35-36,38H,20-23H2,1H3,(H,37,39)/t29-,30+/m1/s1. The fourth-order valence-corrected chi connectivity index (χ4v) is 5.30. The quantitative estimate of drug-likeness (QED) is 0.188. The number of hydrogen-bond acceptors (Lipinski definition) is 4. The van der Waals surface area contributed by atoms with Gasteiger partial charge in [-0.25, -0.2) is 0 Å². The van der Waals surface area contributed by atoms with Crippen LogP contribution in [0, 0.1) is 0 Å². The van der Waals surface area contributed by atoms with Crippen molar-refractivity contribution in [3.8, 4) is 5.75 Å². The second kappa shape index (κ2) is 12.6. The normalized spacial score (nSPS) is 12.8. The SMILES string of the molecule is CNC[C@@H](Cc1cccc2ccccc12)NC[C@H](Cc1cccc2ccccc12)NC(=O)c1ccc(O)cc1. The lowest BCUT2D eigenvalue weighted by Gasteiger charge is -2.25. The van der Waals surface area contributed by atoms with Gasteiger partial charge in [-0.05, 0) is 76.8 Å². The lowest BCUT2D eigenvalue weighted by atomic mass is 9.97. The Morgan fingerprint density at radius 3 is 1.79 bits per heavy atom. The molecule has 0 unspecified atom stereocenters. The van der Waals surface area contributed by atoms with Crippen LogP contribution in [0.1, 0.15) is 21.5 Å². The minimum atomic E-state index is -0.152. The number of phenols is 1. The second-order valence-corrected chi connectivity index (χ2v) is 10.1. The number of fused-ring (bicyclic) bond motifs is 2. The van der Waals surface area contributed by atoms with Gasteiger partial charge in [-0.1, -0.05) is 84.9 Å². The molecule has 5 heteroatoms. The molecule has 1 amide bonds. The van der Waals surface area contributed by atoms with Gasteiger partial charge in [0.05, 0.1) is 0 Å². The Bertz CT molecular complexity index is 1540. The molecule has 0 heterocycles. The number of aromatic hydroxyl groups is 1. The minimum absolute atomic E-state index is 0.135. The van der Waals surface area contributed by atoms with Crippen molar-refractivity contribution in [3.05, 3.63) is 126 Å². The number of hydrogen-bond donors (Lipinski definition) is 4. The van der Waals surface area contributed by atoms with E-state index >= 15 is 0 Å². The van der Waals surface area contributed by atoms with E-state index in [4.69, 9.17) is 0 Å².